The van der Waals surface area contributed by atoms with Gasteiger partial charge in [0.25, 0.3) is 0 Å². The van der Waals surface area contributed by atoms with E-state index in [1.165, 1.54) is 5.56 Å². The number of ether oxygens (including phenoxy) is 2. The summed E-state index contributed by atoms with van der Waals surface area (Å²) in [4.78, 5) is 24.3. The number of nitrogens with one attached hydrogen (secondary N) is 1. The van der Waals surface area contributed by atoms with Crippen LogP contribution in [-0.2, 0) is 4.79 Å². The van der Waals surface area contributed by atoms with Gasteiger partial charge in [0, 0.05) is 54.7 Å². The summed E-state index contributed by atoms with van der Waals surface area (Å²) in [6, 6.07) is 15.5. The molecule has 0 atom stereocenters. The normalized spacial score (nSPS) is 14.2. The molecule has 32 heavy (non-hydrogen) atoms. The van der Waals surface area contributed by atoms with E-state index in [1.54, 1.807) is 38.6 Å². The maximum Gasteiger partial charge on any atom is 0.227 e. The molecule has 1 aromatic heterocycles. The van der Waals surface area contributed by atoms with Gasteiger partial charge in [-0.2, -0.15) is 0 Å². The number of amides is 1. The zero-order valence-electron chi connectivity index (χ0n) is 18.7. The minimum atomic E-state index is -0.0541. The molecule has 0 radical (unpaired) electrons. The van der Waals surface area contributed by atoms with E-state index in [1.807, 2.05) is 18.2 Å². The van der Waals surface area contributed by atoms with Crippen molar-refractivity contribution in [1.29, 1.82) is 0 Å². The van der Waals surface area contributed by atoms with Gasteiger partial charge in [-0.05, 0) is 31.9 Å². The van der Waals surface area contributed by atoms with Crippen LogP contribution in [0.5, 0.6) is 11.5 Å². The van der Waals surface area contributed by atoms with Crippen LogP contribution in [0.15, 0.2) is 54.7 Å². The Balaban J connectivity index is 1.39. The van der Waals surface area contributed by atoms with Gasteiger partial charge < -0.3 is 19.7 Å². The Kier molecular flexibility index (Phi) is 6.54. The lowest BCUT2D eigenvalue weighted by molar-refractivity contribution is -0.120. The van der Waals surface area contributed by atoms with Crippen LogP contribution in [-0.4, -0.2) is 43.2 Å². The Morgan fingerprint density at radius 2 is 1.75 bits per heavy atom. The van der Waals surface area contributed by atoms with Crippen LogP contribution in [0.4, 0.5) is 11.5 Å². The zero-order valence-corrected chi connectivity index (χ0v) is 18.7. The number of hydrogen-bond donors (Lipinski definition) is 1. The number of aryl methyl sites for hydroxylation is 1. The smallest absolute Gasteiger partial charge is 0.227 e. The summed E-state index contributed by atoms with van der Waals surface area (Å²) in [6.45, 7) is 3.60. The van der Waals surface area contributed by atoms with Gasteiger partial charge in [-0.25, -0.2) is 9.97 Å². The van der Waals surface area contributed by atoms with Crippen LogP contribution < -0.4 is 19.7 Å². The quantitative estimate of drug-likeness (QED) is 0.625. The summed E-state index contributed by atoms with van der Waals surface area (Å²) in [7, 11) is 3.18. The first-order chi connectivity index (χ1) is 15.6. The van der Waals surface area contributed by atoms with Gasteiger partial charge >= 0.3 is 0 Å². The maximum atomic E-state index is 12.8. The van der Waals surface area contributed by atoms with Crippen molar-refractivity contribution >= 4 is 17.4 Å². The number of aromatic nitrogens is 2. The van der Waals surface area contributed by atoms with E-state index in [2.05, 4.69) is 34.3 Å². The Bertz CT molecular complexity index is 1070. The van der Waals surface area contributed by atoms with Crippen LogP contribution in [0.1, 0.15) is 18.4 Å². The van der Waals surface area contributed by atoms with Crippen molar-refractivity contribution in [3.8, 4) is 22.9 Å². The Hall–Kier alpha value is -3.61. The summed E-state index contributed by atoms with van der Waals surface area (Å²) in [5.74, 6) is 2.86. The molecule has 1 N–H and O–H groups in total. The van der Waals surface area contributed by atoms with Gasteiger partial charge in [0.05, 0.1) is 14.2 Å². The highest BCUT2D eigenvalue weighted by Gasteiger charge is 2.26. The fourth-order valence-electron chi connectivity index (χ4n) is 3.94. The van der Waals surface area contributed by atoms with Crippen molar-refractivity contribution in [3.05, 3.63) is 60.3 Å². The van der Waals surface area contributed by atoms with Crippen molar-refractivity contribution in [3.63, 3.8) is 0 Å². The van der Waals surface area contributed by atoms with Crippen LogP contribution in [0.25, 0.3) is 11.4 Å². The molecule has 0 bridgehead atoms. The molecule has 7 heteroatoms. The zero-order chi connectivity index (χ0) is 22.5. The molecule has 4 rings (SSSR count). The molecule has 0 saturated carbocycles. The second-order valence-corrected chi connectivity index (χ2v) is 7.96. The molecule has 1 aliphatic rings. The number of hydrogen-bond acceptors (Lipinski definition) is 6. The van der Waals surface area contributed by atoms with Crippen molar-refractivity contribution < 1.29 is 14.3 Å². The first-order valence-electron chi connectivity index (χ1n) is 10.7. The molecule has 0 unspecified atom stereocenters. The standard InChI is InChI=1S/C25H28N4O3/c1-17-5-4-6-19(13-17)24-26-10-7-23(28-24)29-11-8-18(9-12-29)25(30)27-20-14-21(31-2)16-22(15-20)32-3/h4-7,10,13-16,18H,8-9,11-12H2,1-3H3,(H,27,30). The average molecular weight is 433 g/mol. The van der Waals surface area contributed by atoms with Crippen LogP contribution in [0.2, 0.25) is 0 Å². The summed E-state index contributed by atoms with van der Waals surface area (Å²) >= 11 is 0. The van der Waals surface area contributed by atoms with Gasteiger partial charge in [0.15, 0.2) is 5.82 Å². The molecule has 1 saturated heterocycles. The second kappa shape index (κ2) is 9.68. The summed E-state index contributed by atoms with van der Waals surface area (Å²) in [6.07, 6.45) is 3.32. The monoisotopic (exact) mass is 432 g/mol. The van der Waals surface area contributed by atoms with E-state index in [9.17, 15) is 4.79 Å². The van der Waals surface area contributed by atoms with Gasteiger partial charge in [0.2, 0.25) is 5.91 Å². The number of methoxy groups -OCH3 is 2. The van der Waals surface area contributed by atoms with Gasteiger partial charge in [-0.15, -0.1) is 0 Å². The fraction of sp³-hybridized carbons (Fsp3) is 0.320. The average Bonchev–Trinajstić information content (AvgIpc) is 2.84. The molecule has 1 fully saturated rings. The third-order valence-corrected chi connectivity index (χ3v) is 5.73. The van der Waals surface area contributed by atoms with Crippen LogP contribution in [0, 0.1) is 12.8 Å². The minimum absolute atomic E-state index is 0.0168. The largest absolute Gasteiger partial charge is 0.497 e. The minimum Gasteiger partial charge on any atom is -0.497 e. The Labute approximate surface area is 188 Å². The predicted molar refractivity (Wildman–Crippen MR) is 125 cm³/mol. The summed E-state index contributed by atoms with van der Waals surface area (Å²) < 4.78 is 10.6. The molecule has 2 heterocycles. The lowest BCUT2D eigenvalue weighted by Crippen LogP contribution is -2.38. The van der Waals surface area contributed by atoms with Gasteiger partial charge in [0.1, 0.15) is 17.3 Å². The van der Waals surface area contributed by atoms with Crippen LogP contribution >= 0.6 is 0 Å². The third-order valence-electron chi connectivity index (χ3n) is 5.73. The van der Waals surface area contributed by atoms with Crippen molar-refractivity contribution in [1.82, 2.24) is 9.97 Å². The van der Waals surface area contributed by atoms with E-state index in [0.717, 1.165) is 43.1 Å². The van der Waals surface area contributed by atoms with Crippen molar-refractivity contribution in [2.24, 2.45) is 5.92 Å². The number of piperidine rings is 1. The second-order valence-electron chi connectivity index (χ2n) is 7.96. The fourth-order valence-corrected chi connectivity index (χ4v) is 3.94. The predicted octanol–water partition coefficient (Wildman–Crippen LogP) is 4.32. The molecule has 0 aliphatic carbocycles. The molecule has 166 valence electrons. The highest BCUT2D eigenvalue weighted by Crippen LogP contribution is 2.28. The van der Waals surface area contributed by atoms with Gasteiger partial charge in [-0.3, -0.25) is 4.79 Å². The number of carbonyl (C=O) groups excluding carboxylic acids is 1. The lowest BCUT2D eigenvalue weighted by atomic mass is 9.95. The van der Waals surface area contributed by atoms with E-state index in [4.69, 9.17) is 14.5 Å². The van der Waals surface area contributed by atoms with E-state index in [-0.39, 0.29) is 11.8 Å². The SMILES string of the molecule is COc1cc(NC(=O)C2CCN(c3ccnc(-c4cccc(C)c4)n3)CC2)cc(OC)c1. The van der Waals surface area contributed by atoms with Crippen molar-refractivity contribution in [2.45, 2.75) is 19.8 Å². The van der Waals surface area contributed by atoms with E-state index < -0.39 is 0 Å². The maximum absolute atomic E-state index is 12.8. The number of benzene rings is 2. The van der Waals surface area contributed by atoms with Crippen molar-refractivity contribution in [2.75, 3.05) is 37.5 Å². The number of rotatable bonds is 6. The number of anilines is 2. The summed E-state index contributed by atoms with van der Waals surface area (Å²) in [5, 5.41) is 3.01. The van der Waals surface area contributed by atoms with Gasteiger partial charge in [-0.1, -0.05) is 23.8 Å². The first kappa shape index (κ1) is 21.6. The molecule has 1 amide bonds. The molecule has 7 nitrogen and oxygen atoms in total. The molecule has 0 spiro atoms. The Morgan fingerprint density at radius 3 is 2.41 bits per heavy atom. The first-order valence-corrected chi connectivity index (χ1v) is 10.7. The molecule has 3 aromatic rings. The van der Waals surface area contributed by atoms with Crippen LogP contribution in [0.3, 0.4) is 0 Å². The lowest BCUT2D eigenvalue weighted by Gasteiger charge is -2.32. The number of nitrogens with zero attached hydrogens (tertiary/aromatic N) is 3. The molecular weight excluding hydrogens is 404 g/mol. The number of carbonyl (C=O) groups is 1. The summed E-state index contributed by atoms with van der Waals surface area (Å²) in [5.41, 5.74) is 2.86. The highest BCUT2D eigenvalue weighted by atomic mass is 16.5. The Morgan fingerprint density at radius 1 is 1.03 bits per heavy atom. The topological polar surface area (TPSA) is 76.6 Å². The highest BCUT2D eigenvalue weighted by molar-refractivity contribution is 5.93. The molecular formula is C25H28N4O3. The van der Waals surface area contributed by atoms with E-state index in [0.29, 0.717) is 17.2 Å². The third kappa shape index (κ3) is 4.99. The van der Waals surface area contributed by atoms with E-state index >= 15 is 0 Å². The molecule has 2 aromatic carbocycles. The molecule has 1 aliphatic heterocycles.